The van der Waals surface area contributed by atoms with Crippen LogP contribution in [0.25, 0.3) is 0 Å². The highest BCUT2D eigenvalue weighted by molar-refractivity contribution is 8.06. The van der Waals surface area contributed by atoms with Gasteiger partial charge >= 0.3 is 0 Å². The van der Waals surface area contributed by atoms with E-state index in [1.807, 2.05) is 0 Å². The van der Waals surface area contributed by atoms with Crippen molar-refractivity contribution in [2.75, 3.05) is 23.8 Å². The molecule has 0 bridgehead atoms. The number of terminal acetylenes is 1. The molecule has 2 atom stereocenters. The second-order valence-electron chi connectivity index (χ2n) is 4.14. The summed E-state index contributed by atoms with van der Waals surface area (Å²) in [5.74, 6) is 6.69. The maximum atomic E-state index is 5.31. The summed E-state index contributed by atoms with van der Waals surface area (Å²) in [7, 11) is 0. The fourth-order valence-electron chi connectivity index (χ4n) is 1.91. The number of nitrogens with one attached hydrogen (secondary N) is 1. The standard InChI is InChI=1S/C13H23NS2/c1-3-5-6-7-12(14-8-4-2)13-11-15-9-10-16-13/h1,12-14H,4-11H2,2H3. The van der Waals surface area contributed by atoms with Crippen molar-refractivity contribution >= 4 is 23.5 Å². The molecule has 1 saturated heterocycles. The van der Waals surface area contributed by atoms with Gasteiger partial charge < -0.3 is 5.32 Å². The first-order valence-corrected chi connectivity index (χ1v) is 8.45. The molecule has 1 aliphatic heterocycles. The van der Waals surface area contributed by atoms with Crippen molar-refractivity contribution in [3.63, 3.8) is 0 Å². The van der Waals surface area contributed by atoms with Crippen LogP contribution in [0.15, 0.2) is 0 Å². The van der Waals surface area contributed by atoms with E-state index in [1.54, 1.807) is 0 Å². The Balaban J connectivity index is 2.32. The molecule has 0 aromatic carbocycles. The number of unbranched alkanes of at least 4 members (excludes halogenated alkanes) is 1. The van der Waals surface area contributed by atoms with Crippen LogP contribution in [-0.2, 0) is 0 Å². The van der Waals surface area contributed by atoms with Gasteiger partial charge in [0.1, 0.15) is 0 Å². The summed E-state index contributed by atoms with van der Waals surface area (Å²) in [6.07, 6.45) is 9.86. The summed E-state index contributed by atoms with van der Waals surface area (Å²) in [4.78, 5) is 0. The fraction of sp³-hybridized carbons (Fsp3) is 0.846. The highest BCUT2D eigenvalue weighted by atomic mass is 32.2. The van der Waals surface area contributed by atoms with Crippen LogP contribution in [0.5, 0.6) is 0 Å². The predicted molar refractivity (Wildman–Crippen MR) is 78.3 cm³/mol. The first-order valence-electron chi connectivity index (χ1n) is 6.24. The maximum Gasteiger partial charge on any atom is 0.0292 e. The second-order valence-corrected chi connectivity index (χ2v) is 6.64. The van der Waals surface area contributed by atoms with Gasteiger partial charge in [0.25, 0.3) is 0 Å². The van der Waals surface area contributed by atoms with Gasteiger partial charge in [-0.2, -0.15) is 23.5 Å². The Hall–Kier alpha value is 0.220. The molecule has 1 fully saturated rings. The van der Waals surface area contributed by atoms with Gasteiger partial charge in [0.2, 0.25) is 0 Å². The normalized spacial score (nSPS) is 22.6. The smallest absolute Gasteiger partial charge is 0.0292 e. The Morgan fingerprint density at radius 3 is 3.00 bits per heavy atom. The van der Waals surface area contributed by atoms with Gasteiger partial charge in [0, 0.05) is 35.0 Å². The lowest BCUT2D eigenvalue weighted by Crippen LogP contribution is -2.41. The molecule has 1 aliphatic rings. The van der Waals surface area contributed by atoms with Crippen molar-refractivity contribution in [2.45, 2.75) is 43.9 Å². The highest BCUT2D eigenvalue weighted by Crippen LogP contribution is 2.28. The molecule has 0 saturated carbocycles. The molecule has 1 N–H and O–H groups in total. The van der Waals surface area contributed by atoms with E-state index in [4.69, 9.17) is 6.42 Å². The van der Waals surface area contributed by atoms with Crippen molar-refractivity contribution in [2.24, 2.45) is 0 Å². The van der Waals surface area contributed by atoms with Crippen molar-refractivity contribution in [1.29, 1.82) is 0 Å². The summed E-state index contributed by atoms with van der Waals surface area (Å²) in [5.41, 5.74) is 0. The van der Waals surface area contributed by atoms with Gasteiger partial charge in [-0.3, -0.25) is 0 Å². The third kappa shape index (κ3) is 5.52. The summed E-state index contributed by atoms with van der Waals surface area (Å²) in [6.45, 7) is 3.37. The minimum atomic E-state index is 0.672. The zero-order valence-electron chi connectivity index (χ0n) is 10.2. The molecule has 0 radical (unpaired) electrons. The zero-order chi connectivity index (χ0) is 11.6. The Morgan fingerprint density at radius 2 is 2.38 bits per heavy atom. The van der Waals surface area contributed by atoms with E-state index >= 15 is 0 Å². The first-order chi connectivity index (χ1) is 7.88. The lowest BCUT2D eigenvalue weighted by atomic mass is 10.1. The molecule has 1 nitrogen and oxygen atoms in total. The lowest BCUT2D eigenvalue weighted by molar-refractivity contribution is 0.468. The molecular formula is C13H23NS2. The highest BCUT2D eigenvalue weighted by Gasteiger charge is 2.23. The minimum absolute atomic E-state index is 0.672. The zero-order valence-corrected chi connectivity index (χ0v) is 11.8. The molecule has 0 spiro atoms. The van der Waals surface area contributed by atoms with E-state index in [1.165, 1.54) is 36.5 Å². The van der Waals surface area contributed by atoms with Gasteiger partial charge in [0.05, 0.1) is 0 Å². The van der Waals surface area contributed by atoms with Crippen LogP contribution in [0.4, 0.5) is 0 Å². The summed E-state index contributed by atoms with van der Waals surface area (Å²) in [6, 6.07) is 0.672. The van der Waals surface area contributed by atoms with Gasteiger partial charge in [-0.25, -0.2) is 0 Å². The maximum absolute atomic E-state index is 5.31. The summed E-state index contributed by atoms with van der Waals surface area (Å²) >= 11 is 4.25. The molecule has 3 heteroatoms. The fourth-order valence-corrected chi connectivity index (χ4v) is 4.84. The number of thioether (sulfide) groups is 2. The predicted octanol–water partition coefficient (Wildman–Crippen LogP) is 3.01. The van der Waals surface area contributed by atoms with E-state index in [0.717, 1.165) is 18.2 Å². The molecule has 1 rings (SSSR count). The van der Waals surface area contributed by atoms with Crippen molar-refractivity contribution in [1.82, 2.24) is 5.32 Å². The minimum Gasteiger partial charge on any atom is -0.313 e. The van der Waals surface area contributed by atoms with Crippen molar-refractivity contribution in [3.05, 3.63) is 0 Å². The second kappa shape index (κ2) is 9.27. The number of hydrogen-bond acceptors (Lipinski definition) is 3. The van der Waals surface area contributed by atoms with Gasteiger partial charge in [0.15, 0.2) is 0 Å². The summed E-state index contributed by atoms with van der Waals surface area (Å²) < 4.78 is 0. The van der Waals surface area contributed by atoms with E-state index in [9.17, 15) is 0 Å². The van der Waals surface area contributed by atoms with Crippen LogP contribution in [0, 0.1) is 12.3 Å². The van der Waals surface area contributed by atoms with Crippen molar-refractivity contribution in [3.8, 4) is 12.3 Å². The third-order valence-electron chi connectivity index (χ3n) is 2.78. The molecule has 0 amide bonds. The molecule has 0 aromatic rings. The van der Waals surface area contributed by atoms with Crippen LogP contribution < -0.4 is 5.32 Å². The van der Waals surface area contributed by atoms with Crippen LogP contribution in [-0.4, -0.2) is 35.1 Å². The molecular weight excluding hydrogens is 234 g/mol. The van der Waals surface area contributed by atoms with Gasteiger partial charge in [-0.05, 0) is 25.8 Å². The molecule has 1 heterocycles. The largest absolute Gasteiger partial charge is 0.313 e. The topological polar surface area (TPSA) is 12.0 Å². The van der Waals surface area contributed by atoms with E-state index in [0.29, 0.717) is 6.04 Å². The average Bonchev–Trinajstić information content (AvgIpc) is 2.35. The third-order valence-corrected chi connectivity index (χ3v) is 5.70. The molecule has 2 unspecified atom stereocenters. The van der Waals surface area contributed by atoms with Gasteiger partial charge in [-0.15, -0.1) is 12.3 Å². The molecule has 92 valence electrons. The van der Waals surface area contributed by atoms with E-state index < -0.39 is 0 Å². The van der Waals surface area contributed by atoms with Crippen molar-refractivity contribution < 1.29 is 0 Å². The Bertz CT molecular complexity index is 206. The average molecular weight is 257 g/mol. The van der Waals surface area contributed by atoms with Crippen LogP contribution in [0.3, 0.4) is 0 Å². The van der Waals surface area contributed by atoms with E-state index in [2.05, 4.69) is 41.7 Å². The Kier molecular flexibility index (Phi) is 8.28. The quantitative estimate of drug-likeness (QED) is 0.556. The van der Waals surface area contributed by atoms with Crippen LogP contribution in [0.1, 0.15) is 32.6 Å². The number of hydrogen-bond donors (Lipinski definition) is 1. The SMILES string of the molecule is C#CCCCC(NCCC)C1CSCCS1. The van der Waals surface area contributed by atoms with Crippen LogP contribution >= 0.6 is 23.5 Å². The Morgan fingerprint density at radius 1 is 1.50 bits per heavy atom. The molecule has 0 aliphatic carbocycles. The number of rotatable bonds is 7. The summed E-state index contributed by atoms with van der Waals surface area (Å²) in [5, 5.41) is 4.49. The monoisotopic (exact) mass is 257 g/mol. The lowest BCUT2D eigenvalue weighted by Gasteiger charge is -2.30. The Labute approximate surface area is 109 Å². The molecule has 16 heavy (non-hydrogen) atoms. The first kappa shape index (κ1) is 14.3. The van der Waals surface area contributed by atoms with Crippen LogP contribution in [0.2, 0.25) is 0 Å². The van der Waals surface area contributed by atoms with Gasteiger partial charge in [-0.1, -0.05) is 6.92 Å². The molecule has 0 aromatic heterocycles. The van der Waals surface area contributed by atoms with E-state index in [-0.39, 0.29) is 0 Å².